The van der Waals surface area contributed by atoms with E-state index in [0.717, 1.165) is 18.1 Å². The molecule has 5 nitrogen and oxygen atoms in total. The molecule has 0 saturated carbocycles. The fourth-order valence-electron chi connectivity index (χ4n) is 2.30. The van der Waals surface area contributed by atoms with Crippen molar-refractivity contribution in [2.45, 2.75) is 20.3 Å². The molecule has 1 aliphatic rings. The molecule has 2 heterocycles. The summed E-state index contributed by atoms with van der Waals surface area (Å²) in [6.45, 7) is 4.49. The highest BCUT2D eigenvalue weighted by Gasteiger charge is 2.41. The minimum absolute atomic E-state index is 0.265. The Kier molecular flexibility index (Phi) is 3.87. The highest BCUT2D eigenvalue weighted by atomic mass is 79.9. The maximum absolute atomic E-state index is 12.6. The second-order valence-electron chi connectivity index (χ2n) is 5.07. The molecule has 1 aliphatic heterocycles. The number of hydrogen-bond donors (Lipinski definition) is 0. The number of hydrogen-bond acceptors (Lipinski definition) is 5. The van der Waals surface area contributed by atoms with Crippen LogP contribution in [0.1, 0.15) is 41.0 Å². The second kappa shape index (κ2) is 5.40. The lowest BCUT2D eigenvalue weighted by Gasteiger charge is -2.17. The van der Waals surface area contributed by atoms with Crippen LogP contribution in [-0.4, -0.2) is 32.0 Å². The third-order valence-electron chi connectivity index (χ3n) is 3.70. The van der Waals surface area contributed by atoms with E-state index in [0.29, 0.717) is 37.7 Å². The maximum Gasteiger partial charge on any atom is 0.262 e. The van der Waals surface area contributed by atoms with Crippen molar-refractivity contribution in [2.24, 2.45) is 5.92 Å². The lowest BCUT2D eigenvalue weighted by Crippen LogP contribution is -2.33. The zero-order chi connectivity index (χ0) is 15.3. The van der Waals surface area contributed by atoms with Crippen LogP contribution in [-0.2, 0) is 0 Å². The van der Waals surface area contributed by atoms with Crippen molar-refractivity contribution in [3.63, 3.8) is 0 Å². The summed E-state index contributed by atoms with van der Waals surface area (Å²) in [7, 11) is 0. The number of nitrogens with zero attached hydrogens (tertiary/aromatic N) is 3. The Hall–Kier alpha value is -0.860. The van der Waals surface area contributed by atoms with Crippen molar-refractivity contribution in [1.29, 1.82) is 0 Å². The van der Waals surface area contributed by atoms with Gasteiger partial charge in [0.1, 0.15) is 11.0 Å². The Labute approximate surface area is 142 Å². The molecule has 2 amide bonds. The van der Waals surface area contributed by atoms with Crippen molar-refractivity contribution in [1.82, 2.24) is 13.6 Å². The number of benzene rings is 1. The summed E-state index contributed by atoms with van der Waals surface area (Å²) in [6.07, 6.45) is 0.910. The molecule has 0 spiro atoms. The van der Waals surface area contributed by atoms with E-state index in [1.54, 1.807) is 0 Å². The molecule has 0 aliphatic carbocycles. The number of carbonyl (C=O) groups is 2. The first-order valence-corrected chi connectivity index (χ1v) is 8.78. The predicted octanol–water partition coefficient (Wildman–Crippen LogP) is 3.86. The number of rotatable bonds is 3. The molecule has 1 aromatic heterocycles. The molecule has 0 radical (unpaired) electrons. The van der Waals surface area contributed by atoms with Crippen LogP contribution < -0.4 is 0 Å². The summed E-state index contributed by atoms with van der Waals surface area (Å²) in [4.78, 5) is 26.5. The second-order valence-corrected chi connectivity index (χ2v) is 7.19. The first-order chi connectivity index (χ1) is 9.97. The predicted molar refractivity (Wildman–Crippen MR) is 87.6 cm³/mol. The first kappa shape index (κ1) is 15.1. The first-order valence-electron chi connectivity index (χ1n) is 6.46. The standard InChI is InChI=1S/C13H11Br2N3O2S/c1-3-5(2)4-18-12(19)6-7(13(18)20)9(15)11-10(8(6)14)16-21-17-11/h5H,3-4H2,1-2H3. The third-order valence-corrected chi connectivity index (χ3v) is 5.78. The minimum Gasteiger partial charge on any atom is -0.274 e. The van der Waals surface area contributed by atoms with Crippen LogP contribution in [0, 0.1) is 5.92 Å². The highest BCUT2D eigenvalue weighted by Crippen LogP contribution is 2.41. The number of aromatic nitrogens is 2. The highest BCUT2D eigenvalue weighted by molar-refractivity contribution is 9.11. The topological polar surface area (TPSA) is 63.2 Å². The van der Waals surface area contributed by atoms with Gasteiger partial charge in [0.05, 0.1) is 31.8 Å². The zero-order valence-corrected chi connectivity index (χ0v) is 15.3. The molecule has 1 unspecified atom stereocenters. The average molecular weight is 433 g/mol. The Morgan fingerprint density at radius 1 is 1.10 bits per heavy atom. The lowest BCUT2D eigenvalue weighted by molar-refractivity contribution is 0.0631. The summed E-state index contributed by atoms with van der Waals surface area (Å²) in [5, 5.41) is 0. The molecule has 0 bridgehead atoms. The maximum atomic E-state index is 12.6. The largest absolute Gasteiger partial charge is 0.274 e. The van der Waals surface area contributed by atoms with E-state index in [-0.39, 0.29) is 17.7 Å². The van der Waals surface area contributed by atoms with Gasteiger partial charge in [-0.25, -0.2) is 0 Å². The van der Waals surface area contributed by atoms with Gasteiger partial charge >= 0.3 is 0 Å². The van der Waals surface area contributed by atoms with Crippen molar-refractivity contribution < 1.29 is 9.59 Å². The smallest absolute Gasteiger partial charge is 0.262 e. The Morgan fingerprint density at radius 3 is 2.00 bits per heavy atom. The van der Waals surface area contributed by atoms with E-state index in [4.69, 9.17) is 0 Å². The zero-order valence-electron chi connectivity index (χ0n) is 11.3. The molecule has 110 valence electrons. The van der Waals surface area contributed by atoms with Crippen LogP contribution in [0.4, 0.5) is 0 Å². The van der Waals surface area contributed by atoms with E-state index < -0.39 is 0 Å². The number of halogens is 2. The van der Waals surface area contributed by atoms with Gasteiger partial charge in [0.2, 0.25) is 0 Å². The van der Waals surface area contributed by atoms with Crippen LogP contribution in [0.3, 0.4) is 0 Å². The molecule has 21 heavy (non-hydrogen) atoms. The van der Waals surface area contributed by atoms with Gasteiger partial charge < -0.3 is 0 Å². The number of fused-ring (bicyclic) bond motifs is 2. The van der Waals surface area contributed by atoms with E-state index in [1.165, 1.54) is 4.90 Å². The normalized spacial score (nSPS) is 15.9. The van der Waals surface area contributed by atoms with Gasteiger partial charge in [-0.05, 0) is 37.8 Å². The summed E-state index contributed by atoms with van der Waals surface area (Å²) in [6, 6.07) is 0. The van der Waals surface area contributed by atoms with Crippen molar-refractivity contribution in [3.05, 3.63) is 20.1 Å². The van der Waals surface area contributed by atoms with Crippen molar-refractivity contribution >= 4 is 66.4 Å². The van der Waals surface area contributed by atoms with Gasteiger partial charge in [-0.3, -0.25) is 14.5 Å². The van der Waals surface area contributed by atoms with E-state index in [2.05, 4.69) is 40.6 Å². The molecule has 8 heteroatoms. The van der Waals surface area contributed by atoms with Crippen molar-refractivity contribution in [2.75, 3.05) is 6.54 Å². The molecule has 1 aromatic carbocycles. The molecule has 0 fully saturated rings. The third kappa shape index (κ3) is 2.15. The monoisotopic (exact) mass is 431 g/mol. The van der Waals surface area contributed by atoms with Gasteiger partial charge in [-0.1, -0.05) is 20.3 Å². The van der Waals surface area contributed by atoms with Crippen LogP contribution in [0.2, 0.25) is 0 Å². The van der Waals surface area contributed by atoms with Gasteiger partial charge in [-0.15, -0.1) is 0 Å². The Morgan fingerprint density at radius 2 is 1.57 bits per heavy atom. The van der Waals surface area contributed by atoms with Gasteiger partial charge in [-0.2, -0.15) is 8.75 Å². The van der Waals surface area contributed by atoms with Crippen LogP contribution >= 0.6 is 43.6 Å². The number of carbonyl (C=O) groups excluding carboxylic acids is 2. The number of amides is 2. The average Bonchev–Trinajstić information content (AvgIpc) is 3.04. The van der Waals surface area contributed by atoms with E-state index in [9.17, 15) is 9.59 Å². The fraction of sp³-hybridized carbons (Fsp3) is 0.385. The summed E-state index contributed by atoms with van der Waals surface area (Å²) in [5.74, 6) is -0.267. The van der Waals surface area contributed by atoms with Crippen LogP contribution in [0.15, 0.2) is 8.95 Å². The molecular formula is C13H11Br2N3O2S. The Balaban J connectivity index is 2.19. The molecule has 0 N–H and O–H groups in total. The lowest BCUT2D eigenvalue weighted by atomic mass is 10.1. The number of imide groups is 1. The van der Waals surface area contributed by atoms with Crippen LogP contribution in [0.25, 0.3) is 11.0 Å². The molecule has 0 saturated heterocycles. The minimum atomic E-state index is -0.266. The van der Waals surface area contributed by atoms with Gasteiger partial charge in [0.15, 0.2) is 0 Å². The summed E-state index contributed by atoms with van der Waals surface area (Å²) < 4.78 is 9.48. The molecule has 2 aromatic rings. The Bertz CT molecular complexity index is 718. The van der Waals surface area contributed by atoms with Crippen LogP contribution in [0.5, 0.6) is 0 Å². The molecular weight excluding hydrogens is 422 g/mol. The summed E-state index contributed by atoms with van der Waals surface area (Å²) >= 11 is 7.87. The van der Waals surface area contributed by atoms with Crippen molar-refractivity contribution in [3.8, 4) is 0 Å². The summed E-state index contributed by atoms with van der Waals surface area (Å²) in [5.41, 5.74) is 1.99. The van der Waals surface area contributed by atoms with Gasteiger partial charge in [0, 0.05) is 6.54 Å². The van der Waals surface area contributed by atoms with E-state index >= 15 is 0 Å². The fourth-order valence-corrected chi connectivity index (χ4v) is 4.39. The molecule has 1 atom stereocenters. The molecule has 3 rings (SSSR count). The SMILES string of the molecule is CCC(C)CN1C(=O)c2c(c(Br)c3nsnc3c2Br)C1=O. The quantitative estimate of drug-likeness (QED) is 0.690. The van der Waals surface area contributed by atoms with E-state index in [1.807, 2.05) is 13.8 Å². The van der Waals surface area contributed by atoms with Gasteiger partial charge in [0.25, 0.3) is 11.8 Å².